The van der Waals surface area contributed by atoms with E-state index in [4.69, 9.17) is 0 Å². The van der Waals surface area contributed by atoms with Crippen LogP contribution >= 0.6 is 0 Å². The number of likely N-dealkylation sites (N-methyl/N-ethyl adjacent to an activating group) is 1. The molecule has 0 amide bonds. The van der Waals surface area contributed by atoms with Gasteiger partial charge in [-0.05, 0) is 26.8 Å². The monoisotopic (exact) mass is 228 g/mol. The molecule has 1 atom stereocenters. The van der Waals surface area contributed by atoms with E-state index in [-0.39, 0.29) is 5.41 Å². The van der Waals surface area contributed by atoms with Gasteiger partial charge in [0.1, 0.15) is 0 Å². The van der Waals surface area contributed by atoms with Crippen molar-refractivity contribution in [2.24, 2.45) is 5.41 Å². The highest BCUT2D eigenvalue weighted by atomic mass is 16.3. The second-order valence-corrected chi connectivity index (χ2v) is 5.45. The van der Waals surface area contributed by atoms with Gasteiger partial charge in [0.05, 0.1) is 0 Å². The van der Waals surface area contributed by atoms with Crippen molar-refractivity contribution in [3.05, 3.63) is 0 Å². The maximum Gasteiger partial charge on any atom is 0.0499 e. The van der Waals surface area contributed by atoms with Crippen LogP contribution in [0.5, 0.6) is 0 Å². The molecule has 1 unspecified atom stereocenters. The third-order valence-electron chi connectivity index (χ3n) is 4.34. The quantitative estimate of drug-likeness (QED) is 0.771. The van der Waals surface area contributed by atoms with Gasteiger partial charge in [-0.25, -0.2) is 0 Å². The Morgan fingerprint density at radius 3 is 2.31 bits per heavy atom. The second kappa shape index (κ2) is 5.99. The first-order chi connectivity index (χ1) is 7.56. The zero-order valence-corrected chi connectivity index (χ0v) is 11.4. The van der Waals surface area contributed by atoms with Gasteiger partial charge in [-0.2, -0.15) is 0 Å². The Bertz CT molecular complexity index is 196. The molecule has 0 aromatic heterocycles. The average Bonchev–Trinajstić information content (AvgIpc) is 2.29. The van der Waals surface area contributed by atoms with Crippen LogP contribution in [0.1, 0.15) is 33.6 Å². The van der Waals surface area contributed by atoms with E-state index in [1.807, 2.05) is 0 Å². The van der Waals surface area contributed by atoms with Gasteiger partial charge in [0.25, 0.3) is 0 Å². The van der Waals surface area contributed by atoms with Crippen LogP contribution in [0.3, 0.4) is 0 Å². The molecule has 1 N–H and O–H groups in total. The van der Waals surface area contributed by atoms with Crippen LogP contribution in [0.15, 0.2) is 0 Å². The molecule has 1 aliphatic heterocycles. The molecule has 0 saturated carbocycles. The van der Waals surface area contributed by atoms with Crippen LogP contribution in [0.25, 0.3) is 0 Å². The van der Waals surface area contributed by atoms with Crippen molar-refractivity contribution in [1.82, 2.24) is 9.80 Å². The van der Waals surface area contributed by atoms with Crippen molar-refractivity contribution < 1.29 is 5.11 Å². The van der Waals surface area contributed by atoms with Crippen molar-refractivity contribution >= 4 is 0 Å². The third-order valence-corrected chi connectivity index (χ3v) is 4.34. The highest BCUT2D eigenvalue weighted by Crippen LogP contribution is 2.28. The number of nitrogens with zero attached hydrogens (tertiary/aromatic N) is 2. The molecule has 3 nitrogen and oxygen atoms in total. The molecule has 0 spiro atoms. The molecule has 1 fully saturated rings. The van der Waals surface area contributed by atoms with Crippen LogP contribution in [0, 0.1) is 5.41 Å². The summed E-state index contributed by atoms with van der Waals surface area (Å²) in [5.74, 6) is 0. The van der Waals surface area contributed by atoms with Crippen LogP contribution < -0.4 is 0 Å². The van der Waals surface area contributed by atoms with Gasteiger partial charge in [0.2, 0.25) is 0 Å². The van der Waals surface area contributed by atoms with E-state index < -0.39 is 0 Å². The Labute approximate surface area is 100 Å². The van der Waals surface area contributed by atoms with E-state index >= 15 is 0 Å². The van der Waals surface area contributed by atoms with Gasteiger partial charge < -0.3 is 10.0 Å². The van der Waals surface area contributed by atoms with Crippen LogP contribution in [-0.2, 0) is 0 Å². The molecule has 1 heterocycles. The fourth-order valence-electron chi connectivity index (χ4n) is 2.59. The van der Waals surface area contributed by atoms with Gasteiger partial charge in [0, 0.05) is 44.2 Å². The summed E-state index contributed by atoms with van der Waals surface area (Å²) in [6.45, 7) is 11.5. The largest absolute Gasteiger partial charge is 0.396 e. The molecule has 0 aliphatic carbocycles. The minimum absolute atomic E-state index is 0.115. The fourth-order valence-corrected chi connectivity index (χ4v) is 2.59. The third kappa shape index (κ3) is 3.19. The number of hydrogen-bond acceptors (Lipinski definition) is 3. The van der Waals surface area contributed by atoms with Crippen LogP contribution in [0.4, 0.5) is 0 Å². The molecule has 3 heteroatoms. The van der Waals surface area contributed by atoms with E-state index in [0.717, 1.165) is 39.0 Å². The Morgan fingerprint density at radius 2 is 1.88 bits per heavy atom. The molecule has 0 aromatic rings. The standard InChI is InChI=1S/C13H28N2O/c1-5-13(6-2,11-16)10-15-8-7-14(4)9-12(15)3/h12,16H,5-11H2,1-4H3. The molecular weight excluding hydrogens is 200 g/mol. The minimum Gasteiger partial charge on any atom is -0.396 e. The first-order valence-electron chi connectivity index (χ1n) is 6.60. The average molecular weight is 228 g/mol. The molecule has 1 rings (SSSR count). The lowest BCUT2D eigenvalue weighted by Crippen LogP contribution is -2.54. The normalized spacial score (nSPS) is 24.9. The Balaban J connectivity index is 2.57. The predicted octanol–water partition coefficient (Wildman–Crippen LogP) is 1.42. The van der Waals surface area contributed by atoms with Crippen molar-refractivity contribution in [2.75, 3.05) is 39.8 Å². The number of aliphatic hydroxyl groups excluding tert-OH is 1. The van der Waals surface area contributed by atoms with Gasteiger partial charge in [-0.1, -0.05) is 13.8 Å². The molecule has 16 heavy (non-hydrogen) atoms. The second-order valence-electron chi connectivity index (χ2n) is 5.45. The topological polar surface area (TPSA) is 26.7 Å². The first kappa shape index (κ1) is 13.9. The molecule has 0 radical (unpaired) electrons. The summed E-state index contributed by atoms with van der Waals surface area (Å²) in [4.78, 5) is 4.93. The van der Waals surface area contributed by atoms with Gasteiger partial charge in [-0.15, -0.1) is 0 Å². The number of rotatable bonds is 5. The van der Waals surface area contributed by atoms with E-state index in [9.17, 15) is 5.11 Å². The highest BCUT2D eigenvalue weighted by Gasteiger charge is 2.31. The summed E-state index contributed by atoms with van der Waals surface area (Å²) in [6, 6.07) is 0.614. The molecule has 0 aromatic carbocycles. The van der Waals surface area contributed by atoms with E-state index in [1.54, 1.807) is 0 Å². The van der Waals surface area contributed by atoms with Gasteiger partial charge in [0.15, 0.2) is 0 Å². The summed E-state index contributed by atoms with van der Waals surface area (Å²) >= 11 is 0. The van der Waals surface area contributed by atoms with Crippen LogP contribution in [0.2, 0.25) is 0 Å². The summed E-state index contributed by atoms with van der Waals surface area (Å²) in [5.41, 5.74) is 0.115. The lowest BCUT2D eigenvalue weighted by Gasteiger charge is -2.43. The molecular formula is C13H28N2O. The maximum atomic E-state index is 9.61. The van der Waals surface area contributed by atoms with Crippen LogP contribution in [-0.4, -0.2) is 60.8 Å². The molecule has 0 bridgehead atoms. The molecule has 1 saturated heterocycles. The zero-order chi connectivity index (χ0) is 12.2. The fraction of sp³-hybridized carbons (Fsp3) is 1.00. The molecule has 1 aliphatic rings. The van der Waals surface area contributed by atoms with E-state index in [2.05, 4.69) is 37.6 Å². The van der Waals surface area contributed by atoms with Gasteiger partial charge in [-0.3, -0.25) is 4.90 Å². The summed E-state index contributed by atoms with van der Waals surface area (Å²) in [5, 5.41) is 9.61. The number of aliphatic hydroxyl groups is 1. The summed E-state index contributed by atoms with van der Waals surface area (Å²) in [7, 11) is 2.19. The van der Waals surface area contributed by atoms with Crippen molar-refractivity contribution in [1.29, 1.82) is 0 Å². The summed E-state index contributed by atoms with van der Waals surface area (Å²) < 4.78 is 0. The molecule has 96 valence electrons. The van der Waals surface area contributed by atoms with E-state index in [1.165, 1.54) is 0 Å². The smallest absolute Gasteiger partial charge is 0.0499 e. The number of hydrogen-bond donors (Lipinski definition) is 1. The minimum atomic E-state index is 0.115. The Kier molecular flexibility index (Phi) is 5.22. The zero-order valence-electron chi connectivity index (χ0n) is 11.4. The van der Waals surface area contributed by atoms with Crippen molar-refractivity contribution in [3.8, 4) is 0 Å². The van der Waals surface area contributed by atoms with E-state index in [0.29, 0.717) is 12.6 Å². The lowest BCUT2D eigenvalue weighted by molar-refractivity contribution is 0.0203. The first-order valence-corrected chi connectivity index (χ1v) is 6.60. The lowest BCUT2D eigenvalue weighted by atomic mass is 9.82. The SMILES string of the molecule is CCC(CC)(CO)CN1CCN(C)CC1C. The maximum absolute atomic E-state index is 9.61. The highest BCUT2D eigenvalue weighted by molar-refractivity contribution is 4.85. The Hall–Kier alpha value is -0.120. The predicted molar refractivity (Wildman–Crippen MR) is 68.6 cm³/mol. The van der Waals surface area contributed by atoms with Crippen molar-refractivity contribution in [3.63, 3.8) is 0 Å². The number of piperazine rings is 1. The Morgan fingerprint density at radius 1 is 1.25 bits per heavy atom. The van der Waals surface area contributed by atoms with Crippen molar-refractivity contribution in [2.45, 2.75) is 39.7 Å². The summed E-state index contributed by atoms with van der Waals surface area (Å²) in [6.07, 6.45) is 2.14. The van der Waals surface area contributed by atoms with Gasteiger partial charge >= 0.3 is 0 Å².